The largest absolute Gasteiger partial charge is 0.315 e. The van der Waals surface area contributed by atoms with Crippen molar-refractivity contribution in [2.24, 2.45) is 5.92 Å². The van der Waals surface area contributed by atoms with Crippen molar-refractivity contribution in [3.05, 3.63) is 0 Å². The summed E-state index contributed by atoms with van der Waals surface area (Å²) >= 11 is 0. The highest BCUT2D eigenvalue weighted by molar-refractivity contribution is 4.81. The van der Waals surface area contributed by atoms with Crippen LogP contribution >= 0.6 is 0 Å². The van der Waals surface area contributed by atoms with Crippen LogP contribution < -0.4 is 5.32 Å². The zero-order valence-electron chi connectivity index (χ0n) is 10.2. The van der Waals surface area contributed by atoms with Gasteiger partial charge in [-0.1, -0.05) is 13.8 Å². The van der Waals surface area contributed by atoms with Crippen molar-refractivity contribution >= 4 is 0 Å². The minimum Gasteiger partial charge on any atom is -0.315 e. The van der Waals surface area contributed by atoms with Crippen molar-refractivity contribution < 1.29 is 0 Å². The van der Waals surface area contributed by atoms with E-state index in [0.717, 1.165) is 25.0 Å². The molecule has 0 bridgehead atoms. The predicted octanol–water partition coefficient (Wildman–Crippen LogP) is 2.10. The van der Waals surface area contributed by atoms with Crippen LogP contribution in [0.25, 0.3) is 0 Å². The minimum atomic E-state index is 0.688. The first-order valence-corrected chi connectivity index (χ1v) is 6.11. The molecule has 1 rings (SSSR count). The van der Waals surface area contributed by atoms with Crippen LogP contribution in [0.4, 0.5) is 0 Å². The topological polar surface area (TPSA) is 15.3 Å². The van der Waals surface area contributed by atoms with Crippen molar-refractivity contribution in [1.82, 2.24) is 10.2 Å². The van der Waals surface area contributed by atoms with Gasteiger partial charge in [0.1, 0.15) is 0 Å². The molecule has 3 atom stereocenters. The lowest BCUT2D eigenvalue weighted by Gasteiger charge is -2.40. The van der Waals surface area contributed by atoms with Crippen molar-refractivity contribution in [3.63, 3.8) is 0 Å². The van der Waals surface area contributed by atoms with E-state index < -0.39 is 0 Å². The maximum Gasteiger partial charge on any atom is 0.0195 e. The van der Waals surface area contributed by atoms with Gasteiger partial charge >= 0.3 is 0 Å². The number of hydrogen-bond donors (Lipinski definition) is 1. The highest BCUT2D eigenvalue weighted by Crippen LogP contribution is 2.22. The van der Waals surface area contributed by atoms with Gasteiger partial charge in [-0.3, -0.25) is 4.90 Å². The summed E-state index contributed by atoms with van der Waals surface area (Å²) in [5.74, 6) is 0.885. The summed E-state index contributed by atoms with van der Waals surface area (Å²) in [6, 6.07) is 1.47. The molecule has 2 nitrogen and oxygen atoms in total. The van der Waals surface area contributed by atoms with Crippen LogP contribution in [-0.4, -0.2) is 36.6 Å². The average molecular weight is 198 g/mol. The van der Waals surface area contributed by atoms with Crippen LogP contribution in [0.1, 0.15) is 40.5 Å². The van der Waals surface area contributed by atoms with Gasteiger partial charge in [-0.2, -0.15) is 0 Å². The molecule has 3 unspecified atom stereocenters. The first-order valence-electron chi connectivity index (χ1n) is 6.11. The number of nitrogens with one attached hydrogen (secondary N) is 1. The van der Waals surface area contributed by atoms with Crippen molar-refractivity contribution in [3.8, 4) is 0 Å². The van der Waals surface area contributed by atoms with Crippen molar-refractivity contribution in [2.45, 2.75) is 52.6 Å². The number of nitrogens with zero attached hydrogens (tertiary/aromatic N) is 1. The lowest BCUT2D eigenvalue weighted by Crippen LogP contribution is -2.49. The summed E-state index contributed by atoms with van der Waals surface area (Å²) in [7, 11) is 0. The molecule has 1 saturated heterocycles. The van der Waals surface area contributed by atoms with Gasteiger partial charge in [0, 0.05) is 25.2 Å². The fourth-order valence-electron chi connectivity index (χ4n) is 2.41. The Labute approximate surface area is 89.1 Å². The zero-order valence-corrected chi connectivity index (χ0v) is 10.2. The maximum absolute atomic E-state index is 3.44. The van der Waals surface area contributed by atoms with Gasteiger partial charge in [-0.15, -0.1) is 0 Å². The molecule has 0 spiro atoms. The molecule has 2 heteroatoms. The van der Waals surface area contributed by atoms with Gasteiger partial charge in [0.2, 0.25) is 0 Å². The molecular formula is C12H26N2. The Morgan fingerprint density at radius 1 is 1.36 bits per heavy atom. The number of likely N-dealkylation sites (tertiary alicyclic amines) is 1. The van der Waals surface area contributed by atoms with Gasteiger partial charge in [-0.25, -0.2) is 0 Å². The summed E-state index contributed by atoms with van der Waals surface area (Å²) in [5.41, 5.74) is 0. The molecule has 0 aromatic heterocycles. The van der Waals surface area contributed by atoms with Crippen LogP contribution in [-0.2, 0) is 0 Å². The number of likely N-dealkylation sites (N-methyl/N-ethyl adjacent to an activating group) is 1. The molecule has 0 amide bonds. The number of piperidine rings is 1. The van der Waals surface area contributed by atoms with E-state index in [9.17, 15) is 0 Å². The fourth-order valence-corrected chi connectivity index (χ4v) is 2.41. The minimum absolute atomic E-state index is 0.688. The summed E-state index contributed by atoms with van der Waals surface area (Å²) in [6.45, 7) is 12.8. The lowest BCUT2D eigenvalue weighted by molar-refractivity contribution is 0.0844. The SMILES string of the molecule is CCNCC(C)N1CC(C)CCC1C. The molecule has 0 aliphatic carbocycles. The number of rotatable bonds is 4. The van der Waals surface area contributed by atoms with Crippen LogP contribution in [0.2, 0.25) is 0 Å². The third-order valence-electron chi connectivity index (χ3n) is 3.42. The van der Waals surface area contributed by atoms with Crippen LogP contribution in [0.3, 0.4) is 0 Å². The van der Waals surface area contributed by atoms with Crippen LogP contribution in [0.5, 0.6) is 0 Å². The third-order valence-corrected chi connectivity index (χ3v) is 3.42. The molecule has 84 valence electrons. The van der Waals surface area contributed by atoms with E-state index in [-0.39, 0.29) is 0 Å². The Balaban J connectivity index is 2.38. The van der Waals surface area contributed by atoms with Crippen LogP contribution in [0.15, 0.2) is 0 Å². The van der Waals surface area contributed by atoms with Gasteiger partial charge in [-0.05, 0) is 39.2 Å². The molecule has 0 aromatic rings. The van der Waals surface area contributed by atoms with E-state index >= 15 is 0 Å². The van der Waals surface area contributed by atoms with Crippen molar-refractivity contribution in [1.29, 1.82) is 0 Å². The van der Waals surface area contributed by atoms with Gasteiger partial charge in [0.25, 0.3) is 0 Å². The molecule has 1 heterocycles. The summed E-state index contributed by atoms with van der Waals surface area (Å²) < 4.78 is 0. The van der Waals surface area contributed by atoms with E-state index in [2.05, 4.69) is 37.9 Å². The van der Waals surface area contributed by atoms with Gasteiger partial charge < -0.3 is 5.32 Å². The molecule has 0 radical (unpaired) electrons. The molecule has 1 aliphatic heterocycles. The summed E-state index contributed by atoms with van der Waals surface area (Å²) in [4.78, 5) is 2.66. The monoisotopic (exact) mass is 198 g/mol. The zero-order chi connectivity index (χ0) is 10.6. The molecule has 0 aromatic carbocycles. The van der Waals surface area contributed by atoms with E-state index in [0.29, 0.717) is 6.04 Å². The summed E-state index contributed by atoms with van der Waals surface area (Å²) in [6.07, 6.45) is 2.78. The highest BCUT2D eigenvalue weighted by atomic mass is 15.2. The van der Waals surface area contributed by atoms with E-state index in [4.69, 9.17) is 0 Å². The second kappa shape index (κ2) is 5.72. The Morgan fingerprint density at radius 3 is 2.71 bits per heavy atom. The highest BCUT2D eigenvalue weighted by Gasteiger charge is 2.26. The molecule has 1 fully saturated rings. The van der Waals surface area contributed by atoms with E-state index in [1.807, 2.05) is 0 Å². The molecule has 0 saturated carbocycles. The van der Waals surface area contributed by atoms with E-state index in [1.165, 1.54) is 19.4 Å². The predicted molar refractivity (Wildman–Crippen MR) is 62.6 cm³/mol. The van der Waals surface area contributed by atoms with Crippen LogP contribution in [0, 0.1) is 5.92 Å². The molecule has 14 heavy (non-hydrogen) atoms. The Kier molecular flexibility index (Phi) is 4.90. The van der Waals surface area contributed by atoms with Crippen molar-refractivity contribution in [2.75, 3.05) is 19.6 Å². The second-order valence-corrected chi connectivity index (χ2v) is 4.89. The first kappa shape index (κ1) is 12.0. The smallest absolute Gasteiger partial charge is 0.0195 e. The third kappa shape index (κ3) is 3.25. The molecule has 1 N–H and O–H groups in total. The Hall–Kier alpha value is -0.0800. The first-order chi connectivity index (χ1) is 6.65. The Morgan fingerprint density at radius 2 is 2.07 bits per heavy atom. The number of hydrogen-bond acceptors (Lipinski definition) is 2. The maximum atomic E-state index is 3.44. The molecule has 1 aliphatic rings. The second-order valence-electron chi connectivity index (χ2n) is 4.89. The average Bonchev–Trinajstić information content (AvgIpc) is 2.18. The Bertz CT molecular complexity index is 158. The fraction of sp³-hybridized carbons (Fsp3) is 1.00. The standard InChI is InChI=1S/C12H26N2/c1-5-13-8-12(4)14-9-10(2)6-7-11(14)3/h10-13H,5-9H2,1-4H3. The normalized spacial score (nSPS) is 31.7. The molecular weight excluding hydrogens is 172 g/mol. The van der Waals surface area contributed by atoms with Gasteiger partial charge in [0.05, 0.1) is 0 Å². The quantitative estimate of drug-likeness (QED) is 0.744. The lowest BCUT2D eigenvalue weighted by atomic mass is 9.93. The van der Waals surface area contributed by atoms with E-state index in [1.54, 1.807) is 0 Å². The van der Waals surface area contributed by atoms with Gasteiger partial charge in [0.15, 0.2) is 0 Å². The summed E-state index contributed by atoms with van der Waals surface area (Å²) in [5, 5.41) is 3.44.